The summed E-state index contributed by atoms with van der Waals surface area (Å²) in [6.07, 6.45) is 1.51. The second-order valence-corrected chi connectivity index (χ2v) is 5.25. The van der Waals surface area contributed by atoms with Gasteiger partial charge in [-0.1, -0.05) is 12.1 Å². The van der Waals surface area contributed by atoms with E-state index in [2.05, 4.69) is 38.2 Å². The maximum atomic E-state index is 12.0. The van der Waals surface area contributed by atoms with Gasteiger partial charge in [-0.2, -0.15) is 0 Å². The van der Waals surface area contributed by atoms with Crippen molar-refractivity contribution in [3.63, 3.8) is 0 Å². The summed E-state index contributed by atoms with van der Waals surface area (Å²) in [7, 11) is 3.79. The molecule has 106 valence electrons. The number of carbonyl (C=O) groups is 1. The first-order chi connectivity index (χ1) is 8.97. The van der Waals surface area contributed by atoms with E-state index in [1.54, 1.807) is 0 Å². The lowest BCUT2D eigenvalue weighted by Gasteiger charge is -2.20. The molecule has 0 aliphatic rings. The second kappa shape index (κ2) is 7.29. The van der Waals surface area contributed by atoms with Crippen molar-refractivity contribution in [1.82, 2.24) is 10.2 Å². The highest BCUT2D eigenvalue weighted by Gasteiger charge is 2.11. The lowest BCUT2D eigenvalue weighted by atomic mass is 9.98. The number of rotatable bonds is 6. The minimum absolute atomic E-state index is 0.216. The van der Waals surface area contributed by atoms with Gasteiger partial charge in [-0.3, -0.25) is 4.79 Å². The van der Waals surface area contributed by atoms with E-state index < -0.39 is 0 Å². The Hall–Kier alpha value is -1.35. The second-order valence-electron chi connectivity index (χ2n) is 5.25. The van der Waals surface area contributed by atoms with E-state index in [0.29, 0.717) is 13.0 Å². The van der Waals surface area contributed by atoms with Gasteiger partial charge < -0.3 is 10.2 Å². The molecule has 0 atom stereocenters. The molecule has 0 saturated heterocycles. The number of hydrogen-bond donors (Lipinski definition) is 1. The summed E-state index contributed by atoms with van der Waals surface area (Å²) in [5.41, 5.74) is 5.18. The molecular formula is C16H26N2O. The first kappa shape index (κ1) is 15.7. The van der Waals surface area contributed by atoms with E-state index in [9.17, 15) is 4.79 Å². The first-order valence-corrected chi connectivity index (χ1v) is 6.91. The van der Waals surface area contributed by atoms with E-state index in [4.69, 9.17) is 0 Å². The molecule has 3 nitrogen and oxygen atoms in total. The molecule has 0 heterocycles. The zero-order valence-corrected chi connectivity index (χ0v) is 12.8. The summed E-state index contributed by atoms with van der Waals surface area (Å²) in [6, 6.07) is 4.27. The van der Waals surface area contributed by atoms with Crippen molar-refractivity contribution in [1.29, 1.82) is 0 Å². The molecule has 0 bridgehead atoms. The van der Waals surface area contributed by atoms with Gasteiger partial charge in [0.1, 0.15) is 0 Å². The van der Waals surface area contributed by atoms with Crippen LogP contribution in [-0.4, -0.2) is 31.4 Å². The Kier molecular flexibility index (Phi) is 6.03. The number of hydrogen-bond acceptors (Lipinski definition) is 2. The summed E-state index contributed by atoms with van der Waals surface area (Å²) in [4.78, 5) is 13.8. The molecule has 19 heavy (non-hydrogen) atoms. The van der Waals surface area contributed by atoms with Crippen LogP contribution in [0.3, 0.4) is 0 Å². The zero-order valence-electron chi connectivity index (χ0n) is 12.8. The number of nitrogens with one attached hydrogen (secondary N) is 1. The molecule has 0 spiro atoms. The molecule has 1 aromatic carbocycles. The van der Waals surface area contributed by atoms with Gasteiger partial charge in [0.2, 0.25) is 5.91 Å². The van der Waals surface area contributed by atoms with Gasteiger partial charge in [0, 0.05) is 20.0 Å². The average molecular weight is 262 g/mol. The van der Waals surface area contributed by atoms with Crippen molar-refractivity contribution in [2.75, 3.05) is 20.6 Å². The molecule has 0 unspecified atom stereocenters. The van der Waals surface area contributed by atoms with Crippen molar-refractivity contribution >= 4 is 5.91 Å². The van der Waals surface area contributed by atoms with Crippen LogP contribution in [0.2, 0.25) is 0 Å². The summed E-state index contributed by atoms with van der Waals surface area (Å²) in [5, 5.41) is 3.06. The largest absolute Gasteiger partial charge is 0.341 e. The molecule has 1 amide bonds. The smallest absolute Gasteiger partial charge is 0.222 e. The van der Waals surface area contributed by atoms with E-state index >= 15 is 0 Å². The number of carbonyl (C=O) groups excluding carboxylic acids is 1. The SMILES string of the molecule is CNCCCC(=O)N(C)Cc1ccc(C)c(C)c1C. The van der Waals surface area contributed by atoms with E-state index in [-0.39, 0.29) is 5.91 Å². The van der Waals surface area contributed by atoms with Gasteiger partial charge in [-0.15, -0.1) is 0 Å². The predicted molar refractivity (Wildman–Crippen MR) is 80.3 cm³/mol. The number of nitrogens with zero attached hydrogens (tertiary/aromatic N) is 1. The molecule has 1 aromatic rings. The minimum Gasteiger partial charge on any atom is -0.341 e. The summed E-state index contributed by atoms with van der Waals surface area (Å²) < 4.78 is 0. The molecule has 1 N–H and O–H groups in total. The fourth-order valence-electron chi connectivity index (χ4n) is 2.13. The Morgan fingerprint density at radius 2 is 1.89 bits per heavy atom. The minimum atomic E-state index is 0.216. The Labute approximate surface area is 117 Å². The molecule has 0 saturated carbocycles. The van der Waals surface area contributed by atoms with E-state index in [1.165, 1.54) is 22.3 Å². The topological polar surface area (TPSA) is 32.3 Å². The molecular weight excluding hydrogens is 236 g/mol. The van der Waals surface area contributed by atoms with Crippen LogP contribution in [0.4, 0.5) is 0 Å². The van der Waals surface area contributed by atoms with Gasteiger partial charge in [0.25, 0.3) is 0 Å². The van der Waals surface area contributed by atoms with Crippen LogP contribution in [0.5, 0.6) is 0 Å². The summed E-state index contributed by atoms with van der Waals surface area (Å²) >= 11 is 0. The van der Waals surface area contributed by atoms with Crippen molar-refractivity contribution in [2.45, 2.75) is 40.2 Å². The first-order valence-electron chi connectivity index (χ1n) is 6.91. The normalized spacial score (nSPS) is 10.6. The Balaban J connectivity index is 2.64. The summed E-state index contributed by atoms with van der Waals surface area (Å²) in [5.74, 6) is 0.216. The van der Waals surface area contributed by atoms with Crippen molar-refractivity contribution < 1.29 is 4.79 Å². The number of aryl methyl sites for hydroxylation is 1. The Bertz CT molecular complexity index is 441. The van der Waals surface area contributed by atoms with E-state index in [1.807, 2.05) is 19.0 Å². The van der Waals surface area contributed by atoms with Crippen molar-refractivity contribution in [2.24, 2.45) is 0 Å². The standard InChI is InChI=1S/C16H26N2O/c1-12-8-9-15(14(3)13(12)2)11-18(5)16(19)7-6-10-17-4/h8-9,17H,6-7,10-11H2,1-5H3. The van der Waals surface area contributed by atoms with Crippen LogP contribution in [0.15, 0.2) is 12.1 Å². The molecule has 0 aromatic heterocycles. The maximum Gasteiger partial charge on any atom is 0.222 e. The fourth-order valence-corrected chi connectivity index (χ4v) is 2.13. The molecule has 3 heteroatoms. The Morgan fingerprint density at radius 1 is 1.21 bits per heavy atom. The van der Waals surface area contributed by atoms with Crippen molar-refractivity contribution in [3.05, 3.63) is 34.4 Å². The maximum absolute atomic E-state index is 12.0. The van der Waals surface area contributed by atoms with Crippen molar-refractivity contribution in [3.8, 4) is 0 Å². The predicted octanol–water partition coefficient (Wildman–Crippen LogP) is 2.57. The molecule has 0 radical (unpaired) electrons. The van der Waals surface area contributed by atoms with E-state index in [0.717, 1.165) is 13.0 Å². The number of amides is 1. The third kappa shape index (κ3) is 4.35. The third-order valence-electron chi connectivity index (χ3n) is 3.82. The van der Waals surface area contributed by atoms with Gasteiger partial charge in [0.15, 0.2) is 0 Å². The van der Waals surface area contributed by atoms with Gasteiger partial charge >= 0.3 is 0 Å². The highest BCUT2D eigenvalue weighted by atomic mass is 16.2. The molecule has 0 fully saturated rings. The van der Waals surface area contributed by atoms with Gasteiger partial charge in [-0.25, -0.2) is 0 Å². The highest BCUT2D eigenvalue weighted by Crippen LogP contribution is 2.18. The van der Waals surface area contributed by atoms with Crippen LogP contribution in [0.1, 0.15) is 35.1 Å². The third-order valence-corrected chi connectivity index (χ3v) is 3.82. The fraction of sp³-hybridized carbons (Fsp3) is 0.562. The van der Waals surface area contributed by atoms with Crippen LogP contribution in [0.25, 0.3) is 0 Å². The Morgan fingerprint density at radius 3 is 2.53 bits per heavy atom. The summed E-state index contributed by atoms with van der Waals surface area (Å²) in [6.45, 7) is 7.99. The lowest BCUT2D eigenvalue weighted by molar-refractivity contribution is -0.130. The van der Waals surface area contributed by atoms with Crippen LogP contribution in [-0.2, 0) is 11.3 Å². The average Bonchev–Trinajstić information content (AvgIpc) is 2.39. The number of benzene rings is 1. The zero-order chi connectivity index (χ0) is 14.4. The highest BCUT2D eigenvalue weighted by molar-refractivity contribution is 5.75. The van der Waals surface area contributed by atoms with Gasteiger partial charge in [-0.05, 0) is 63.0 Å². The van der Waals surface area contributed by atoms with Gasteiger partial charge in [0.05, 0.1) is 0 Å². The molecule has 1 rings (SSSR count). The van der Waals surface area contributed by atoms with Crippen LogP contribution < -0.4 is 5.32 Å². The van der Waals surface area contributed by atoms with Crippen LogP contribution >= 0.6 is 0 Å². The quantitative estimate of drug-likeness (QED) is 0.799. The monoisotopic (exact) mass is 262 g/mol. The lowest BCUT2D eigenvalue weighted by Crippen LogP contribution is -2.27. The molecule has 0 aliphatic heterocycles. The molecule has 0 aliphatic carbocycles. The van der Waals surface area contributed by atoms with Crippen LogP contribution in [0, 0.1) is 20.8 Å².